The molecule has 1 amide bonds. The molecule has 1 aliphatic rings. The summed E-state index contributed by atoms with van der Waals surface area (Å²) in [5.41, 5.74) is 1.22. The van der Waals surface area contributed by atoms with E-state index in [-0.39, 0.29) is 22.0 Å². The summed E-state index contributed by atoms with van der Waals surface area (Å²) in [5.74, 6) is -0.471. The lowest BCUT2D eigenvalue weighted by atomic mass is 10.0. The van der Waals surface area contributed by atoms with Gasteiger partial charge in [-0.1, -0.05) is 17.7 Å². The predicted octanol–water partition coefficient (Wildman–Crippen LogP) is 3.72. The van der Waals surface area contributed by atoms with Crippen LogP contribution in [0.4, 0.5) is 22.7 Å². The number of nitrogens with one attached hydrogen (secondary N) is 1. The fraction of sp³-hybridized carbons (Fsp3) is 0.118. The van der Waals surface area contributed by atoms with Crippen molar-refractivity contribution in [2.75, 3.05) is 24.3 Å². The smallest absolute Gasteiger partial charge is 0.293 e. The number of hydrogen-bond donors (Lipinski definition) is 1. The lowest BCUT2D eigenvalue weighted by Gasteiger charge is -2.12. The Bertz CT molecular complexity index is 1030. The minimum atomic E-state index is -0.639. The fourth-order valence-corrected chi connectivity index (χ4v) is 3.04. The minimum Gasteiger partial charge on any atom is -0.372 e. The van der Waals surface area contributed by atoms with Gasteiger partial charge in [-0.15, -0.1) is 0 Å². The topological polar surface area (TPSA) is 119 Å². The fourth-order valence-electron chi connectivity index (χ4n) is 2.80. The molecule has 0 aromatic heterocycles. The number of benzene rings is 2. The monoisotopic (exact) mass is 388 g/mol. The van der Waals surface area contributed by atoms with Crippen LogP contribution in [0, 0.1) is 20.2 Å². The second-order valence-corrected chi connectivity index (χ2v) is 6.43. The van der Waals surface area contributed by atoms with Crippen molar-refractivity contribution < 1.29 is 14.6 Å². The summed E-state index contributed by atoms with van der Waals surface area (Å²) in [6, 6.07) is 7.07. The van der Waals surface area contributed by atoms with Crippen LogP contribution in [-0.4, -0.2) is 29.8 Å². The third-order valence-corrected chi connectivity index (χ3v) is 4.36. The summed E-state index contributed by atoms with van der Waals surface area (Å²) in [7, 11) is 3.37. The maximum absolute atomic E-state index is 12.3. The van der Waals surface area contributed by atoms with E-state index in [1.165, 1.54) is 24.3 Å². The van der Waals surface area contributed by atoms with E-state index in [1.807, 2.05) is 0 Å². The van der Waals surface area contributed by atoms with E-state index < -0.39 is 15.8 Å². The quantitative estimate of drug-likeness (QED) is 0.484. The molecule has 138 valence electrons. The summed E-state index contributed by atoms with van der Waals surface area (Å²) in [6.07, 6.45) is 1.45. The van der Waals surface area contributed by atoms with Gasteiger partial charge in [-0.3, -0.25) is 25.0 Å². The van der Waals surface area contributed by atoms with Gasteiger partial charge in [-0.05, 0) is 23.8 Å². The van der Waals surface area contributed by atoms with Crippen LogP contribution in [-0.2, 0) is 4.79 Å². The molecule has 10 heteroatoms. The molecule has 0 spiro atoms. The number of nitro benzene ring substituents is 2. The Morgan fingerprint density at radius 3 is 2.33 bits per heavy atom. The minimum absolute atomic E-state index is 0.0914. The third-order valence-electron chi connectivity index (χ3n) is 4.06. The number of carbonyl (C=O) groups is 1. The summed E-state index contributed by atoms with van der Waals surface area (Å²) in [4.78, 5) is 35.2. The largest absolute Gasteiger partial charge is 0.372 e. The van der Waals surface area contributed by atoms with Gasteiger partial charge in [0, 0.05) is 37.4 Å². The van der Waals surface area contributed by atoms with E-state index in [1.54, 1.807) is 31.1 Å². The van der Waals surface area contributed by atoms with Crippen molar-refractivity contribution in [3.63, 3.8) is 0 Å². The van der Waals surface area contributed by atoms with Crippen LogP contribution in [0.2, 0.25) is 5.02 Å². The van der Waals surface area contributed by atoms with Crippen LogP contribution in [0.1, 0.15) is 11.1 Å². The normalized spacial score (nSPS) is 14.0. The number of anilines is 2. The highest BCUT2D eigenvalue weighted by Crippen LogP contribution is 2.40. The molecule has 1 heterocycles. The number of carbonyl (C=O) groups excluding carboxylic acids is 1. The van der Waals surface area contributed by atoms with Crippen LogP contribution in [0.15, 0.2) is 30.3 Å². The molecule has 0 radical (unpaired) electrons. The van der Waals surface area contributed by atoms with Crippen molar-refractivity contribution in [2.24, 2.45) is 0 Å². The maximum atomic E-state index is 12.3. The average Bonchev–Trinajstić information content (AvgIpc) is 2.88. The SMILES string of the molecule is CN(C)c1ccc(/C=C2/C(=O)Nc3cc(Cl)c([N+](=O)[O-])cc32)cc1[N+](=O)[O-]. The van der Waals surface area contributed by atoms with Crippen LogP contribution >= 0.6 is 11.6 Å². The zero-order valence-electron chi connectivity index (χ0n) is 14.2. The third kappa shape index (κ3) is 3.32. The lowest BCUT2D eigenvalue weighted by Crippen LogP contribution is -2.11. The molecule has 2 aromatic carbocycles. The van der Waals surface area contributed by atoms with Crippen LogP contribution < -0.4 is 10.2 Å². The molecule has 0 bridgehead atoms. The molecule has 0 unspecified atom stereocenters. The van der Waals surface area contributed by atoms with Gasteiger partial charge < -0.3 is 10.2 Å². The van der Waals surface area contributed by atoms with E-state index in [2.05, 4.69) is 5.32 Å². The van der Waals surface area contributed by atoms with Crippen molar-refractivity contribution in [3.8, 4) is 0 Å². The first-order valence-corrected chi connectivity index (χ1v) is 8.04. The highest BCUT2D eigenvalue weighted by molar-refractivity contribution is 6.37. The van der Waals surface area contributed by atoms with Crippen LogP contribution in [0.3, 0.4) is 0 Å². The summed E-state index contributed by atoms with van der Waals surface area (Å²) in [6.45, 7) is 0. The molecule has 0 fully saturated rings. The number of halogens is 1. The van der Waals surface area contributed by atoms with Crippen molar-refractivity contribution in [3.05, 3.63) is 66.7 Å². The number of nitrogens with zero attached hydrogens (tertiary/aromatic N) is 3. The molecule has 9 nitrogen and oxygen atoms in total. The Morgan fingerprint density at radius 2 is 1.74 bits per heavy atom. The molecule has 27 heavy (non-hydrogen) atoms. The Kier molecular flexibility index (Phi) is 4.54. The number of fused-ring (bicyclic) bond motifs is 1. The van der Waals surface area contributed by atoms with Gasteiger partial charge in [0.15, 0.2) is 0 Å². The first kappa shape index (κ1) is 18.3. The zero-order chi connectivity index (χ0) is 19.9. The van der Waals surface area contributed by atoms with E-state index >= 15 is 0 Å². The van der Waals surface area contributed by atoms with Gasteiger partial charge in [-0.25, -0.2) is 0 Å². The molecule has 3 rings (SSSR count). The molecule has 1 N–H and O–H groups in total. The lowest BCUT2D eigenvalue weighted by molar-refractivity contribution is -0.384. The zero-order valence-corrected chi connectivity index (χ0v) is 15.0. The number of rotatable bonds is 4. The molecule has 1 aliphatic heterocycles. The van der Waals surface area contributed by atoms with Gasteiger partial charge in [0.2, 0.25) is 0 Å². The van der Waals surface area contributed by atoms with E-state index in [4.69, 9.17) is 11.6 Å². The molecule has 0 atom stereocenters. The van der Waals surface area contributed by atoms with Crippen LogP contribution in [0.25, 0.3) is 11.6 Å². The molecule has 0 aliphatic carbocycles. The molecule has 0 saturated heterocycles. The molecular formula is C17H13ClN4O5. The molecular weight excluding hydrogens is 376 g/mol. The van der Waals surface area contributed by atoms with Gasteiger partial charge in [-0.2, -0.15) is 0 Å². The van der Waals surface area contributed by atoms with Gasteiger partial charge >= 0.3 is 0 Å². The summed E-state index contributed by atoms with van der Waals surface area (Å²) >= 11 is 5.87. The number of nitro groups is 2. The van der Waals surface area contributed by atoms with Crippen molar-refractivity contribution in [1.29, 1.82) is 0 Å². The second kappa shape index (κ2) is 6.69. The predicted molar refractivity (Wildman–Crippen MR) is 102 cm³/mol. The average molecular weight is 389 g/mol. The van der Waals surface area contributed by atoms with Crippen molar-refractivity contribution in [2.45, 2.75) is 0 Å². The first-order chi connectivity index (χ1) is 12.7. The highest BCUT2D eigenvalue weighted by atomic mass is 35.5. The summed E-state index contributed by atoms with van der Waals surface area (Å²) in [5, 5.41) is 24.9. The summed E-state index contributed by atoms with van der Waals surface area (Å²) < 4.78 is 0. The second-order valence-electron chi connectivity index (χ2n) is 6.02. The Hall–Kier alpha value is -3.46. The molecule has 2 aromatic rings. The number of hydrogen-bond acceptors (Lipinski definition) is 6. The highest BCUT2D eigenvalue weighted by Gasteiger charge is 2.29. The first-order valence-electron chi connectivity index (χ1n) is 7.66. The Morgan fingerprint density at radius 1 is 1.07 bits per heavy atom. The van der Waals surface area contributed by atoms with Gasteiger partial charge in [0.25, 0.3) is 17.3 Å². The van der Waals surface area contributed by atoms with Gasteiger partial charge in [0.1, 0.15) is 10.7 Å². The Labute approximate surface area is 158 Å². The van der Waals surface area contributed by atoms with E-state index in [9.17, 15) is 25.0 Å². The molecule has 0 saturated carbocycles. The maximum Gasteiger partial charge on any atom is 0.293 e. The Balaban J connectivity index is 2.13. The van der Waals surface area contributed by atoms with Crippen LogP contribution in [0.5, 0.6) is 0 Å². The standard InChI is InChI=1S/C17H13ClN4O5/c1-20(2)14-4-3-9(6-16(14)22(26)27)5-11-10-7-15(21(24)25)12(18)8-13(10)19-17(11)23/h3-8H,1-2H3,(H,19,23)/b11-5+. The van der Waals surface area contributed by atoms with E-state index in [0.717, 1.165) is 0 Å². The van der Waals surface area contributed by atoms with Gasteiger partial charge in [0.05, 0.1) is 15.5 Å². The van der Waals surface area contributed by atoms with Crippen molar-refractivity contribution >= 4 is 51.9 Å². The van der Waals surface area contributed by atoms with Crippen molar-refractivity contribution in [1.82, 2.24) is 0 Å². The number of amides is 1. The van der Waals surface area contributed by atoms with E-state index in [0.29, 0.717) is 22.5 Å².